The summed E-state index contributed by atoms with van der Waals surface area (Å²) in [6.07, 6.45) is 1.80. The molecule has 24 heavy (non-hydrogen) atoms. The Balaban J connectivity index is 2.01. The van der Waals surface area contributed by atoms with Gasteiger partial charge in [0.05, 0.1) is 17.5 Å². The molecule has 0 spiro atoms. The van der Waals surface area contributed by atoms with Crippen LogP contribution < -0.4 is 11.1 Å². The van der Waals surface area contributed by atoms with Crippen LogP contribution in [0.25, 0.3) is 0 Å². The van der Waals surface area contributed by atoms with E-state index >= 15 is 0 Å². The number of aliphatic hydroxyl groups excluding tert-OH is 1. The quantitative estimate of drug-likeness (QED) is 0.501. The van der Waals surface area contributed by atoms with E-state index in [2.05, 4.69) is 5.32 Å². The molecule has 2 atom stereocenters. The highest BCUT2D eigenvalue weighted by atomic mass is 19.1. The Bertz CT molecular complexity index is 762. The van der Waals surface area contributed by atoms with Gasteiger partial charge in [-0.05, 0) is 35.9 Å². The average Bonchev–Trinajstić information content (AvgIpc) is 2.56. The average molecular weight is 330 g/mol. The second-order valence-corrected chi connectivity index (χ2v) is 5.45. The third kappa shape index (κ3) is 4.33. The number of nitrogens with two attached hydrogens (primary N) is 1. The summed E-state index contributed by atoms with van der Waals surface area (Å²) in [4.78, 5) is 11.9. The zero-order valence-corrected chi connectivity index (χ0v) is 13.1. The summed E-state index contributed by atoms with van der Waals surface area (Å²) >= 11 is 0. The molecule has 1 amide bonds. The molecule has 0 heterocycles. The minimum atomic E-state index is -1.01. The van der Waals surface area contributed by atoms with Gasteiger partial charge in [0.15, 0.2) is 11.6 Å². The normalized spacial score (nSPS) is 13.6. The van der Waals surface area contributed by atoms with Crippen molar-refractivity contribution >= 4 is 17.3 Å². The Labute approximate surface area is 139 Å². The SMILES string of the molecule is C[C@@H](/C=C/C(=O)Nc1ccccc1N)[C@H](O)c1ccc(O)c(F)c1. The molecule has 0 aliphatic carbocycles. The van der Waals surface area contributed by atoms with Gasteiger partial charge in [0.1, 0.15) is 0 Å². The maximum absolute atomic E-state index is 13.3. The second kappa shape index (κ2) is 7.61. The fraction of sp³-hybridized carbons (Fsp3) is 0.167. The van der Waals surface area contributed by atoms with E-state index in [1.165, 1.54) is 24.3 Å². The van der Waals surface area contributed by atoms with Crippen LogP contribution in [0.2, 0.25) is 0 Å². The molecule has 0 saturated carbocycles. The van der Waals surface area contributed by atoms with Gasteiger partial charge < -0.3 is 21.3 Å². The van der Waals surface area contributed by atoms with Gasteiger partial charge in [0, 0.05) is 5.92 Å². The number of carbonyl (C=O) groups excluding carboxylic acids is 1. The van der Waals surface area contributed by atoms with Gasteiger partial charge in [-0.25, -0.2) is 4.39 Å². The van der Waals surface area contributed by atoms with E-state index in [9.17, 15) is 14.3 Å². The number of phenolic OH excluding ortho intramolecular Hbond substituents is 1. The summed E-state index contributed by atoms with van der Waals surface area (Å²) in [5, 5.41) is 22.0. The number of nitrogen functional groups attached to an aromatic ring is 1. The van der Waals surface area contributed by atoms with Crippen molar-refractivity contribution in [1.82, 2.24) is 0 Å². The molecule has 0 aliphatic rings. The number of halogens is 1. The van der Waals surface area contributed by atoms with E-state index in [4.69, 9.17) is 10.8 Å². The smallest absolute Gasteiger partial charge is 0.248 e. The van der Waals surface area contributed by atoms with Crippen LogP contribution in [-0.4, -0.2) is 16.1 Å². The number of anilines is 2. The number of phenols is 1. The lowest BCUT2D eigenvalue weighted by Gasteiger charge is -2.16. The molecule has 126 valence electrons. The number of para-hydroxylation sites is 2. The lowest BCUT2D eigenvalue weighted by molar-refractivity contribution is -0.111. The minimum absolute atomic E-state index is 0.315. The highest BCUT2D eigenvalue weighted by Gasteiger charge is 2.16. The van der Waals surface area contributed by atoms with Crippen LogP contribution in [0.3, 0.4) is 0 Å². The Morgan fingerprint density at radius 1 is 1.29 bits per heavy atom. The Hall–Kier alpha value is -2.86. The van der Waals surface area contributed by atoms with Gasteiger partial charge in [-0.15, -0.1) is 0 Å². The number of aliphatic hydroxyl groups is 1. The lowest BCUT2D eigenvalue weighted by atomic mass is 9.96. The van der Waals surface area contributed by atoms with Crippen molar-refractivity contribution in [3.05, 3.63) is 66.0 Å². The number of hydrogen-bond donors (Lipinski definition) is 4. The first-order valence-corrected chi connectivity index (χ1v) is 7.38. The van der Waals surface area contributed by atoms with Crippen molar-refractivity contribution in [2.75, 3.05) is 11.1 Å². The first kappa shape index (κ1) is 17.5. The zero-order valence-electron chi connectivity index (χ0n) is 13.1. The molecule has 0 aromatic heterocycles. The molecule has 0 radical (unpaired) electrons. The van der Waals surface area contributed by atoms with E-state index < -0.39 is 23.6 Å². The Morgan fingerprint density at radius 3 is 2.67 bits per heavy atom. The number of aromatic hydroxyl groups is 1. The monoisotopic (exact) mass is 330 g/mol. The number of amides is 1. The molecule has 5 nitrogen and oxygen atoms in total. The molecule has 0 saturated heterocycles. The molecule has 0 bridgehead atoms. The lowest BCUT2D eigenvalue weighted by Crippen LogP contribution is -2.12. The number of benzene rings is 2. The Kier molecular flexibility index (Phi) is 5.55. The van der Waals surface area contributed by atoms with Crippen LogP contribution in [0.4, 0.5) is 15.8 Å². The van der Waals surface area contributed by atoms with Crippen molar-refractivity contribution in [3.63, 3.8) is 0 Å². The van der Waals surface area contributed by atoms with E-state index in [1.54, 1.807) is 31.2 Å². The fourth-order valence-corrected chi connectivity index (χ4v) is 2.14. The van der Waals surface area contributed by atoms with Gasteiger partial charge in [0.2, 0.25) is 5.91 Å². The zero-order chi connectivity index (χ0) is 17.7. The fourth-order valence-electron chi connectivity index (χ4n) is 2.14. The number of nitrogens with one attached hydrogen (secondary N) is 1. The predicted molar refractivity (Wildman–Crippen MR) is 90.8 cm³/mol. The van der Waals surface area contributed by atoms with Crippen molar-refractivity contribution in [2.24, 2.45) is 5.92 Å². The molecule has 0 aliphatic heterocycles. The summed E-state index contributed by atoms with van der Waals surface area (Å²) in [6.45, 7) is 1.69. The van der Waals surface area contributed by atoms with Crippen molar-refractivity contribution in [2.45, 2.75) is 13.0 Å². The standard InChI is InChI=1S/C18H19FN2O3/c1-11(18(24)12-7-8-16(22)13(19)10-12)6-9-17(23)21-15-5-3-2-4-14(15)20/h2-11,18,22,24H,20H2,1H3,(H,21,23)/b9-6+/t11-,18-/m0/s1. The van der Waals surface area contributed by atoms with E-state index in [0.717, 1.165) is 6.07 Å². The molecular weight excluding hydrogens is 311 g/mol. The van der Waals surface area contributed by atoms with Gasteiger partial charge in [0.25, 0.3) is 0 Å². The molecule has 0 unspecified atom stereocenters. The van der Waals surface area contributed by atoms with Crippen LogP contribution in [0.5, 0.6) is 5.75 Å². The van der Waals surface area contributed by atoms with Crippen LogP contribution >= 0.6 is 0 Å². The largest absolute Gasteiger partial charge is 0.505 e. The first-order chi connectivity index (χ1) is 11.4. The molecule has 0 fully saturated rings. The van der Waals surface area contributed by atoms with E-state index in [0.29, 0.717) is 16.9 Å². The number of rotatable bonds is 5. The highest BCUT2D eigenvalue weighted by Crippen LogP contribution is 2.26. The van der Waals surface area contributed by atoms with Crippen LogP contribution in [0.15, 0.2) is 54.6 Å². The van der Waals surface area contributed by atoms with E-state index in [-0.39, 0.29) is 5.91 Å². The van der Waals surface area contributed by atoms with Crippen molar-refractivity contribution in [1.29, 1.82) is 0 Å². The summed E-state index contributed by atoms with van der Waals surface area (Å²) in [5.41, 5.74) is 7.01. The number of carbonyl (C=O) groups is 1. The van der Waals surface area contributed by atoms with Gasteiger partial charge >= 0.3 is 0 Å². The molecule has 6 heteroatoms. The minimum Gasteiger partial charge on any atom is -0.505 e. The molecule has 5 N–H and O–H groups in total. The van der Waals surface area contributed by atoms with E-state index in [1.807, 2.05) is 0 Å². The molecule has 2 aromatic carbocycles. The van der Waals surface area contributed by atoms with Crippen LogP contribution in [0, 0.1) is 11.7 Å². The molecular formula is C18H19FN2O3. The third-order valence-electron chi connectivity index (χ3n) is 3.58. The van der Waals surface area contributed by atoms with Gasteiger partial charge in [-0.2, -0.15) is 0 Å². The first-order valence-electron chi connectivity index (χ1n) is 7.38. The topological polar surface area (TPSA) is 95.6 Å². The Morgan fingerprint density at radius 2 is 2.00 bits per heavy atom. The predicted octanol–water partition coefficient (Wildman–Crippen LogP) is 2.98. The van der Waals surface area contributed by atoms with Gasteiger partial charge in [-0.3, -0.25) is 4.79 Å². The van der Waals surface area contributed by atoms with Gasteiger partial charge in [-0.1, -0.05) is 31.2 Å². The van der Waals surface area contributed by atoms with Crippen molar-refractivity contribution in [3.8, 4) is 5.75 Å². The maximum atomic E-state index is 13.3. The van der Waals surface area contributed by atoms with Crippen molar-refractivity contribution < 1.29 is 19.4 Å². The second-order valence-electron chi connectivity index (χ2n) is 5.45. The summed E-state index contributed by atoms with van der Waals surface area (Å²) < 4.78 is 13.3. The summed E-state index contributed by atoms with van der Waals surface area (Å²) in [5.74, 6) is -2.11. The summed E-state index contributed by atoms with van der Waals surface area (Å²) in [6, 6.07) is 10.5. The molecule has 2 aromatic rings. The number of hydrogen-bond acceptors (Lipinski definition) is 4. The maximum Gasteiger partial charge on any atom is 0.248 e. The third-order valence-corrected chi connectivity index (χ3v) is 3.58. The molecule has 2 rings (SSSR count). The van der Waals surface area contributed by atoms with Crippen LogP contribution in [0.1, 0.15) is 18.6 Å². The van der Waals surface area contributed by atoms with Crippen LogP contribution in [-0.2, 0) is 4.79 Å². The summed E-state index contributed by atoms with van der Waals surface area (Å²) in [7, 11) is 0. The highest BCUT2D eigenvalue weighted by molar-refractivity contribution is 6.01.